The minimum absolute atomic E-state index is 0.193. The fourth-order valence-electron chi connectivity index (χ4n) is 1.22. The van der Waals surface area contributed by atoms with Crippen LogP contribution in [0.1, 0.15) is 19.3 Å². The highest BCUT2D eigenvalue weighted by Crippen LogP contribution is 2.32. The second-order valence-corrected chi connectivity index (χ2v) is 3.96. The molecule has 6 nitrogen and oxygen atoms in total. The Hall–Kier alpha value is 0.0300. The summed E-state index contributed by atoms with van der Waals surface area (Å²) >= 11 is 0. The quantitative estimate of drug-likeness (QED) is 0.582. The molecule has 1 fully saturated rings. The Balaban J connectivity index is 2.38. The zero-order valence-electron chi connectivity index (χ0n) is 6.92. The highest BCUT2D eigenvalue weighted by atomic mass is 31.2. The highest BCUT2D eigenvalue weighted by molar-refractivity contribution is 7.43. The summed E-state index contributed by atoms with van der Waals surface area (Å²) in [5.74, 6) is 0. The number of phosphoric acid groups is 1. The molecule has 0 bridgehead atoms. The SMILES string of the molecule is O=P([O-])([O-])OC1CCCC(CO)O1. The van der Waals surface area contributed by atoms with Gasteiger partial charge in [0.15, 0.2) is 6.29 Å². The van der Waals surface area contributed by atoms with Crippen LogP contribution in [0.15, 0.2) is 0 Å². The zero-order valence-corrected chi connectivity index (χ0v) is 7.81. The van der Waals surface area contributed by atoms with Crippen molar-refractivity contribution in [2.45, 2.75) is 31.7 Å². The third-order valence-corrected chi connectivity index (χ3v) is 2.25. The van der Waals surface area contributed by atoms with Crippen LogP contribution < -0.4 is 9.79 Å². The van der Waals surface area contributed by atoms with Crippen molar-refractivity contribution < 1.29 is 28.7 Å². The van der Waals surface area contributed by atoms with E-state index in [1.807, 2.05) is 0 Å². The van der Waals surface area contributed by atoms with Crippen molar-refractivity contribution in [1.29, 1.82) is 0 Å². The molecule has 78 valence electrons. The summed E-state index contributed by atoms with van der Waals surface area (Å²) in [6, 6.07) is 0. The molecule has 1 N–H and O–H groups in total. The second kappa shape index (κ2) is 4.50. The number of aliphatic hydroxyl groups is 1. The molecular formula is C6H11O6P-2. The van der Waals surface area contributed by atoms with Gasteiger partial charge in [0.25, 0.3) is 0 Å². The summed E-state index contributed by atoms with van der Waals surface area (Å²) in [4.78, 5) is 20.4. The van der Waals surface area contributed by atoms with E-state index in [4.69, 9.17) is 9.84 Å². The van der Waals surface area contributed by atoms with Gasteiger partial charge in [-0.25, -0.2) is 0 Å². The lowest BCUT2D eigenvalue weighted by Gasteiger charge is -2.36. The molecule has 1 heterocycles. The predicted molar refractivity (Wildman–Crippen MR) is 38.3 cm³/mol. The minimum Gasteiger partial charge on any atom is -0.790 e. The van der Waals surface area contributed by atoms with Crippen LogP contribution >= 0.6 is 7.82 Å². The summed E-state index contributed by atoms with van der Waals surface area (Å²) in [5.41, 5.74) is 0. The maximum absolute atomic E-state index is 10.2. The summed E-state index contributed by atoms with van der Waals surface area (Å²) in [6.07, 6.45) is 0.246. The maximum atomic E-state index is 10.2. The molecule has 0 amide bonds. The molecule has 0 aromatic heterocycles. The minimum atomic E-state index is -4.98. The van der Waals surface area contributed by atoms with Crippen molar-refractivity contribution >= 4 is 7.82 Å². The van der Waals surface area contributed by atoms with Gasteiger partial charge >= 0.3 is 0 Å². The number of phosphoric ester groups is 1. The molecule has 0 aromatic rings. The average molecular weight is 210 g/mol. The molecule has 0 radical (unpaired) electrons. The standard InChI is InChI=1S/C6H13O6P/c7-4-5-2-1-3-6(11-5)12-13(8,9)10/h5-7H,1-4H2,(H2,8,9,10)/p-2. The largest absolute Gasteiger partial charge is 0.790 e. The van der Waals surface area contributed by atoms with E-state index in [9.17, 15) is 14.4 Å². The molecule has 1 saturated heterocycles. The summed E-state index contributed by atoms with van der Waals surface area (Å²) < 4.78 is 19.3. The van der Waals surface area contributed by atoms with Gasteiger partial charge in [0.05, 0.1) is 20.5 Å². The maximum Gasteiger partial charge on any atom is 0.162 e. The Bertz CT molecular complexity index is 201. The molecule has 1 rings (SSSR count). The van der Waals surface area contributed by atoms with E-state index in [2.05, 4.69) is 4.52 Å². The molecule has 0 aliphatic carbocycles. The normalized spacial score (nSPS) is 30.4. The van der Waals surface area contributed by atoms with Gasteiger partial charge in [-0.1, -0.05) is 0 Å². The summed E-state index contributed by atoms with van der Waals surface area (Å²) in [6.45, 7) is -0.193. The first kappa shape index (κ1) is 11.1. The van der Waals surface area contributed by atoms with E-state index in [0.717, 1.165) is 0 Å². The molecule has 1 aliphatic rings. The van der Waals surface area contributed by atoms with Gasteiger partial charge in [-0.15, -0.1) is 0 Å². The lowest BCUT2D eigenvalue weighted by atomic mass is 10.1. The van der Waals surface area contributed by atoms with E-state index in [1.54, 1.807) is 0 Å². The van der Waals surface area contributed by atoms with Gasteiger partial charge in [0.2, 0.25) is 0 Å². The van der Waals surface area contributed by atoms with E-state index < -0.39 is 20.2 Å². The van der Waals surface area contributed by atoms with E-state index >= 15 is 0 Å². The zero-order chi connectivity index (χ0) is 9.90. The second-order valence-electron chi connectivity index (χ2n) is 2.85. The Morgan fingerprint density at radius 3 is 2.77 bits per heavy atom. The molecular weight excluding hydrogens is 199 g/mol. The molecule has 0 saturated carbocycles. The Kier molecular flexibility index (Phi) is 3.85. The van der Waals surface area contributed by atoms with E-state index in [-0.39, 0.29) is 6.61 Å². The summed E-state index contributed by atoms with van der Waals surface area (Å²) in [5, 5.41) is 8.70. The van der Waals surface area contributed by atoms with Crippen LogP contribution in [0.3, 0.4) is 0 Å². The smallest absolute Gasteiger partial charge is 0.162 e. The van der Waals surface area contributed by atoms with Crippen LogP contribution in [0.2, 0.25) is 0 Å². The highest BCUT2D eigenvalue weighted by Gasteiger charge is 2.22. The van der Waals surface area contributed by atoms with Crippen molar-refractivity contribution in [2.24, 2.45) is 0 Å². The molecule has 13 heavy (non-hydrogen) atoms. The first-order valence-corrected chi connectivity index (χ1v) is 5.44. The van der Waals surface area contributed by atoms with E-state index in [0.29, 0.717) is 19.3 Å². The van der Waals surface area contributed by atoms with Crippen molar-refractivity contribution in [3.63, 3.8) is 0 Å². The van der Waals surface area contributed by atoms with Crippen molar-refractivity contribution in [2.75, 3.05) is 6.61 Å². The first-order valence-electron chi connectivity index (χ1n) is 3.98. The van der Waals surface area contributed by atoms with Crippen LogP contribution in [-0.4, -0.2) is 24.1 Å². The fourth-order valence-corrected chi connectivity index (χ4v) is 1.66. The predicted octanol–water partition coefficient (Wildman–Crippen LogP) is -1.28. The van der Waals surface area contributed by atoms with Gasteiger partial charge in [0, 0.05) is 0 Å². The fraction of sp³-hybridized carbons (Fsp3) is 1.00. The van der Waals surface area contributed by atoms with Gasteiger partial charge in [-0.05, 0) is 19.3 Å². The number of rotatable bonds is 3. The molecule has 1 aliphatic heterocycles. The lowest BCUT2D eigenvalue weighted by Crippen LogP contribution is -2.33. The molecule has 7 heteroatoms. The topological polar surface area (TPSA) is 102 Å². The number of aliphatic hydroxyl groups excluding tert-OH is 1. The Morgan fingerprint density at radius 2 is 2.23 bits per heavy atom. The Labute approximate surface area is 75.7 Å². The van der Waals surface area contributed by atoms with Gasteiger partial charge < -0.3 is 28.7 Å². The Morgan fingerprint density at radius 1 is 1.54 bits per heavy atom. The molecule has 2 unspecified atom stereocenters. The van der Waals surface area contributed by atoms with Crippen LogP contribution in [0.25, 0.3) is 0 Å². The van der Waals surface area contributed by atoms with E-state index in [1.165, 1.54) is 0 Å². The van der Waals surface area contributed by atoms with Crippen molar-refractivity contribution in [1.82, 2.24) is 0 Å². The molecule has 0 spiro atoms. The van der Waals surface area contributed by atoms with Crippen LogP contribution in [0, 0.1) is 0 Å². The number of hydrogen-bond donors (Lipinski definition) is 1. The number of hydrogen-bond acceptors (Lipinski definition) is 6. The van der Waals surface area contributed by atoms with Crippen LogP contribution in [-0.2, 0) is 13.8 Å². The third kappa shape index (κ3) is 4.17. The lowest BCUT2D eigenvalue weighted by molar-refractivity contribution is -0.356. The number of ether oxygens (including phenoxy) is 1. The van der Waals surface area contributed by atoms with Crippen molar-refractivity contribution in [3.8, 4) is 0 Å². The van der Waals surface area contributed by atoms with Gasteiger partial charge in [-0.2, -0.15) is 0 Å². The van der Waals surface area contributed by atoms with Crippen molar-refractivity contribution in [3.05, 3.63) is 0 Å². The monoisotopic (exact) mass is 210 g/mol. The summed E-state index contributed by atoms with van der Waals surface area (Å²) in [7, 11) is -4.98. The molecule has 0 aromatic carbocycles. The van der Waals surface area contributed by atoms with Gasteiger partial charge in [0.1, 0.15) is 0 Å². The molecule has 2 atom stereocenters. The van der Waals surface area contributed by atoms with Crippen LogP contribution in [0.5, 0.6) is 0 Å². The van der Waals surface area contributed by atoms with Gasteiger partial charge in [-0.3, -0.25) is 0 Å². The first-order chi connectivity index (χ1) is 6.01. The third-order valence-electron chi connectivity index (χ3n) is 1.76. The average Bonchev–Trinajstić information content (AvgIpc) is 2.01. The van der Waals surface area contributed by atoms with Crippen LogP contribution in [0.4, 0.5) is 0 Å².